The van der Waals surface area contributed by atoms with Crippen molar-refractivity contribution in [3.63, 3.8) is 0 Å². The maximum Gasteiger partial charge on any atom is 0.133 e. The first-order chi connectivity index (χ1) is 9.36. The first-order valence-corrected chi connectivity index (χ1v) is 7.57. The van der Waals surface area contributed by atoms with Crippen LogP contribution in [0.15, 0.2) is 59.1 Å². The molecular formula is C17H23BrO. The molecule has 0 bridgehead atoms. The van der Waals surface area contributed by atoms with Crippen LogP contribution in [0.25, 0.3) is 0 Å². The zero-order valence-corrected chi connectivity index (χ0v) is 13.8. The van der Waals surface area contributed by atoms with Gasteiger partial charge in [0.05, 0.1) is 4.47 Å². The van der Waals surface area contributed by atoms with Crippen LogP contribution in [-0.4, -0.2) is 0 Å². The summed E-state index contributed by atoms with van der Waals surface area (Å²) >= 11 is 3.44. The molecule has 0 saturated carbocycles. The minimum atomic E-state index is 0.601. The van der Waals surface area contributed by atoms with Crippen molar-refractivity contribution in [1.29, 1.82) is 0 Å². The van der Waals surface area contributed by atoms with E-state index in [1.165, 1.54) is 5.56 Å². The molecule has 0 radical (unpaired) electrons. The van der Waals surface area contributed by atoms with Crippen molar-refractivity contribution in [3.05, 3.63) is 64.6 Å². The Morgan fingerprint density at radius 2 is 1.32 bits per heavy atom. The van der Waals surface area contributed by atoms with Gasteiger partial charge in [0.2, 0.25) is 0 Å². The Bertz CT molecular complexity index is 426. The summed E-state index contributed by atoms with van der Waals surface area (Å²) in [4.78, 5) is 0. The van der Waals surface area contributed by atoms with Crippen molar-refractivity contribution in [2.45, 2.75) is 34.3 Å². The summed E-state index contributed by atoms with van der Waals surface area (Å²) < 4.78 is 6.66. The van der Waals surface area contributed by atoms with Gasteiger partial charge in [0, 0.05) is 0 Å². The fraction of sp³-hybridized carbons (Fsp3) is 0.294. The average Bonchev–Trinajstić information content (AvgIpc) is 2.52. The quantitative estimate of drug-likeness (QED) is 0.665. The molecule has 0 aliphatic heterocycles. The van der Waals surface area contributed by atoms with Crippen LogP contribution in [0.4, 0.5) is 0 Å². The lowest BCUT2D eigenvalue weighted by atomic mass is 10.2. The fourth-order valence-corrected chi connectivity index (χ4v) is 1.70. The number of ether oxygens (including phenoxy) is 1. The molecule has 2 aromatic carbocycles. The van der Waals surface area contributed by atoms with Crippen LogP contribution in [0, 0.1) is 0 Å². The summed E-state index contributed by atoms with van der Waals surface area (Å²) in [5, 5.41) is 0. The average molecular weight is 323 g/mol. The third kappa shape index (κ3) is 7.02. The van der Waals surface area contributed by atoms with Gasteiger partial charge in [0.1, 0.15) is 12.4 Å². The first kappa shape index (κ1) is 17.7. The SMILES string of the molecule is Brc1ccccc1OCc1ccccc1.CC.CC. The van der Waals surface area contributed by atoms with Crippen LogP contribution >= 0.6 is 15.9 Å². The third-order valence-electron chi connectivity index (χ3n) is 2.07. The van der Waals surface area contributed by atoms with E-state index in [-0.39, 0.29) is 0 Å². The van der Waals surface area contributed by atoms with E-state index in [0.29, 0.717) is 6.61 Å². The summed E-state index contributed by atoms with van der Waals surface area (Å²) in [6.45, 7) is 8.60. The number of para-hydroxylation sites is 1. The van der Waals surface area contributed by atoms with Crippen molar-refractivity contribution in [2.24, 2.45) is 0 Å². The maximum absolute atomic E-state index is 5.68. The van der Waals surface area contributed by atoms with Gasteiger partial charge in [-0.3, -0.25) is 0 Å². The van der Waals surface area contributed by atoms with Gasteiger partial charge < -0.3 is 4.74 Å². The van der Waals surface area contributed by atoms with E-state index in [1.54, 1.807) is 0 Å². The van der Waals surface area contributed by atoms with Crippen LogP contribution in [0.1, 0.15) is 33.3 Å². The van der Waals surface area contributed by atoms with Gasteiger partial charge in [0.25, 0.3) is 0 Å². The standard InChI is InChI=1S/C13H11BrO.2C2H6/c14-12-8-4-5-9-13(12)15-10-11-6-2-1-3-7-11;2*1-2/h1-9H,10H2;2*1-2H3. The van der Waals surface area contributed by atoms with Gasteiger partial charge in [0.15, 0.2) is 0 Å². The Kier molecular flexibility index (Phi) is 11.0. The summed E-state index contributed by atoms with van der Waals surface area (Å²) in [5.74, 6) is 0.876. The van der Waals surface area contributed by atoms with Gasteiger partial charge in [-0.15, -0.1) is 0 Å². The molecule has 2 rings (SSSR count). The molecule has 0 saturated heterocycles. The largest absolute Gasteiger partial charge is 0.488 e. The lowest BCUT2D eigenvalue weighted by Crippen LogP contribution is -1.95. The summed E-state index contributed by atoms with van der Waals surface area (Å²) in [6.07, 6.45) is 0. The molecule has 0 aliphatic rings. The lowest BCUT2D eigenvalue weighted by molar-refractivity contribution is 0.304. The third-order valence-corrected chi connectivity index (χ3v) is 2.73. The Balaban J connectivity index is 0.000000741. The molecule has 2 aromatic rings. The number of hydrogen-bond donors (Lipinski definition) is 0. The highest BCUT2D eigenvalue weighted by Gasteiger charge is 1.98. The number of benzene rings is 2. The van der Waals surface area contributed by atoms with Crippen LogP contribution in [-0.2, 0) is 6.61 Å². The van der Waals surface area contributed by atoms with E-state index in [1.807, 2.05) is 70.2 Å². The van der Waals surface area contributed by atoms with Gasteiger partial charge in [-0.2, -0.15) is 0 Å². The van der Waals surface area contributed by atoms with Crippen molar-refractivity contribution in [2.75, 3.05) is 0 Å². The number of halogens is 1. The molecule has 0 N–H and O–H groups in total. The molecule has 0 atom stereocenters. The van der Waals surface area contributed by atoms with E-state index in [9.17, 15) is 0 Å². The van der Waals surface area contributed by atoms with E-state index in [4.69, 9.17) is 4.74 Å². The van der Waals surface area contributed by atoms with E-state index in [0.717, 1.165) is 10.2 Å². The highest BCUT2D eigenvalue weighted by atomic mass is 79.9. The van der Waals surface area contributed by atoms with Crippen LogP contribution < -0.4 is 4.74 Å². The van der Waals surface area contributed by atoms with E-state index in [2.05, 4.69) is 28.1 Å². The molecule has 0 aromatic heterocycles. The molecular weight excluding hydrogens is 300 g/mol. The molecule has 0 amide bonds. The Labute approximate surface area is 125 Å². The number of rotatable bonds is 3. The van der Waals surface area contributed by atoms with Crippen LogP contribution in [0.2, 0.25) is 0 Å². The second kappa shape index (κ2) is 11.8. The molecule has 2 heteroatoms. The maximum atomic E-state index is 5.68. The first-order valence-electron chi connectivity index (χ1n) is 6.77. The highest BCUT2D eigenvalue weighted by Crippen LogP contribution is 2.24. The zero-order chi connectivity index (χ0) is 14.5. The van der Waals surface area contributed by atoms with Crippen molar-refractivity contribution < 1.29 is 4.74 Å². The van der Waals surface area contributed by atoms with Crippen LogP contribution in [0.5, 0.6) is 5.75 Å². The predicted octanol–water partition coefficient (Wildman–Crippen LogP) is 6.08. The van der Waals surface area contributed by atoms with Gasteiger partial charge in [-0.1, -0.05) is 70.2 Å². The van der Waals surface area contributed by atoms with Crippen LogP contribution in [0.3, 0.4) is 0 Å². The molecule has 1 nitrogen and oxygen atoms in total. The Morgan fingerprint density at radius 1 is 0.789 bits per heavy atom. The monoisotopic (exact) mass is 322 g/mol. The second-order valence-electron chi connectivity index (χ2n) is 3.20. The van der Waals surface area contributed by atoms with Crippen molar-refractivity contribution in [3.8, 4) is 5.75 Å². The van der Waals surface area contributed by atoms with Crippen molar-refractivity contribution in [1.82, 2.24) is 0 Å². The van der Waals surface area contributed by atoms with E-state index < -0.39 is 0 Å². The minimum Gasteiger partial charge on any atom is -0.488 e. The minimum absolute atomic E-state index is 0.601. The van der Waals surface area contributed by atoms with Gasteiger partial charge in [-0.25, -0.2) is 0 Å². The molecule has 0 aliphatic carbocycles. The van der Waals surface area contributed by atoms with Gasteiger partial charge in [-0.05, 0) is 33.6 Å². The summed E-state index contributed by atoms with van der Waals surface area (Å²) in [6, 6.07) is 18.0. The second-order valence-corrected chi connectivity index (χ2v) is 4.06. The van der Waals surface area contributed by atoms with Crippen molar-refractivity contribution >= 4 is 15.9 Å². The van der Waals surface area contributed by atoms with E-state index >= 15 is 0 Å². The topological polar surface area (TPSA) is 9.23 Å². The summed E-state index contributed by atoms with van der Waals surface area (Å²) in [5.41, 5.74) is 1.17. The Hall–Kier alpha value is -1.28. The summed E-state index contributed by atoms with van der Waals surface area (Å²) in [7, 11) is 0. The number of hydrogen-bond acceptors (Lipinski definition) is 1. The normalized spacial score (nSPS) is 8.47. The molecule has 0 unspecified atom stereocenters. The zero-order valence-electron chi connectivity index (χ0n) is 12.2. The fourth-order valence-electron chi connectivity index (χ4n) is 1.30. The van der Waals surface area contributed by atoms with Gasteiger partial charge >= 0.3 is 0 Å². The lowest BCUT2D eigenvalue weighted by Gasteiger charge is -2.07. The molecule has 0 spiro atoms. The molecule has 104 valence electrons. The molecule has 0 fully saturated rings. The predicted molar refractivity (Wildman–Crippen MR) is 87.6 cm³/mol. The molecule has 0 heterocycles. The molecule has 19 heavy (non-hydrogen) atoms. The smallest absolute Gasteiger partial charge is 0.133 e. The Morgan fingerprint density at radius 3 is 1.89 bits per heavy atom. The highest BCUT2D eigenvalue weighted by molar-refractivity contribution is 9.10.